The van der Waals surface area contributed by atoms with E-state index >= 15 is 0 Å². The van der Waals surface area contributed by atoms with E-state index in [4.69, 9.17) is 0 Å². The van der Waals surface area contributed by atoms with Crippen LogP contribution >= 0.6 is 0 Å². The van der Waals surface area contributed by atoms with E-state index in [0.717, 1.165) is 0 Å². The van der Waals surface area contributed by atoms with E-state index in [9.17, 15) is 19.8 Å². The van der Waals surface area contributed by atoms with Gasteiger partial charge in [-0.05, 0) is 18.1 Å². The summed E-state index contributed by atoms with van der Waals surface area (Å²) in [7, 11) is 0. The normalized spacial score (nSPS) is 7.81. The van der Waals surface area contributed by atoms with Crippen molar-refractivity contribution in [2.45, 2.75) is 6.92 Å². The molecule has 0 atom stereocenters. The molecule has 0 amide bonds. The summed E-state index contributed by atoms with van der Waals surface area (Å²) in [4.78, 5) is 19.6. The number of aromatic carboxylic acids is 1. The smallest absolute Gasteiger partial charge is 0.545 e. The molecule has 1 aromatic carbocycles. The minimum atomic E-state index is -1.19. The average Bonchev–Trinajstić information content (AvgIpc) is 2.20. The predicted molar refractivity (Wildman–Crippen MR) is 50.6 cm³/mol. The van der Waals surface area contributed by atoms with E-state index in [2.05, 4.69) is 6.58 Å². The van der Waals surface area contributed by atoms with Crippen molar-refractivity contribution in [3.8, 4) is 0 Å². The van der Waals surface area contributed by atoms with Gasteiger partial charge in [-0.25, -0.2) is 0 Å². The maximum Gasteiger partial charge on any atom is 2.00 e. The molecule has 1 radical (unpaired) electrons. The second kappa shape index (κ2) is 8.71. The Hall–Kier alpha value is -1.58. The van der Waals surface area contributed by atoms with E-state index in [-0.39, 0.29) is 28.2 Å². The molecule has 1 aromatic rings. The third-order valence-electron chi connectivity index (χ3n) is 1.36. The fraction of sp³-hybridized carbons (Fsp3) is 0.0909. The Bertz CT molecular complexity index is 348. The molecule has 0 aromatic heterocycles. The number of carboxylic acid groups (broad SMARTS) is 2. The summed E-state index contributed by atoms with van der Waals surface area (Å²) < 4.78 is 0. The van der Waals surface area contributed by atoms with Crippen LogP contribution in [0.25, 0.3) is 0 Å². The van der Waals surface area contributed by atoms with Gasteiger partial charge >= 0.3 is 17.1 Å². The molecular formula is C11H10CuO4. The largest absolute Gasteiger partial charge is 2.00 e. The van der Waals surface area contributed by atoms with Gasteiger partial charge in [-0.2, -0.15) is 0 Å². The molecule has 0 heterocycles. The molecule has 0 bridgehead atoms. The summed E-state index contributed by atoms with van der Waals surface area (Å²) in [5.74, 6) is -2.31. The van der Waals surface area contributed by atoms with Crippen molar-refractivity contribution in [3.63, 3.8) is 0 Å². The minimum absolute atomic E-state index is 0. The Morgan fingerprint density at radius 1 is 1.12 bits per heavy atom. The molecule has 1 rings (SSSR count). The number of aliphatic carboxylic acids is 1. The average molecular weight is 270 g/mol. The molecule has 0 aliphatic rings. The Morgan fingerprint density at radius 3 is 1.69 bits per heavy atom. The number of carboxylic acids is 2. The number of carbonyl (C=O) groups excluding carboxylic acids is 2. The van der Waals surface area contributed by atoms with Crippen LogP contribution in [0.15, 0.2) is 42.5 Å². The second-order valence-electron chi connectivity index (χ2n) is 2.72. The first-order chi connectivity index (χ1) is 6.95. The monoisotopic (exact) mass is 269 g/mol. The molecule has 0 fully saturated rings. The van der Waals surface area contributed by atoms with E-state index in [1.54, 1.807) is 18.2 Å². The summed E-state index contributed by atoms with van der Waals surface area (Å²) in [6.45, 7) is 4.48. The molecule has 4 nitrogen and oxygen atoms in total. The van der Waals surface area contributed by atoms with Gasteiger partial charge in [0.2, 0.25) is 0 Å². The van der Waals surface area contributed by atoms with Gasteiger partial charge in [0.05, 0.1) is 11.9 Å². The van der Waals surface area contributed by atoms with Crippen LogP contribution in [0.5, 0.6) is 0 Å². The number of carbonyl (C=O) groups is 2. The zero-order valence-electron chi connectivity index (χ0n) is 8.53. The van der Waals surface area contributed by atoms with E-state index in [1.807, 2.05) is 0 Å². The van der Waals surface area contributed by atoms with Crippen molar-refractivity contribution in [2.24, 2.45) is 0 Å². The van der Waals surface area contributed by atoms with Gasteiger partial charge in [-0.15, -0.1) is 0 Å². The Morgan fingerprint density at radius 2 is 1.50 bits per heavy atom. The number of benzene rings is 1. The van der Waals surface area contributed by atoms with Crippen LogP contribution in [0.1, 0.15) is 17.3 Å². The van der Waals surface area contributed by atoms with Crippen molar-refractivity contribution in [2.75, 3.05) is 0 Å². The van der Waals surface area contributed by atoms with Gasteiger partial charge in [0.15, 0.2) is 0 Å². The van der Waals surface area contributed by atoms with Crippen LogP contribution in [0.3, 0.4) is 0 Å². The summed E-state index contributed by atoms with van der Waals surface area (Å²) in [6, 6.07) is 8.06. The van der Waals surface area contributed by atoms with Gasteiger partial charge in [-0.1, -0.05) is 36.9 Å². The quantitative estimate of drug-likeness (QED) is 0.528. The first-order valence-corrected chi connectivity index (χ1v) is 4.08. The molecule has 0 aliphatic heterocycles. The fourth-order valence-electron chi connectivity index (χ4n) is 0.574. The first kappa shape index (κ1) is 16.8. The van der Waals surface area contributed by atoms with Crippen molar-refractivity contribution >= 4 is 11.9 Å². The SMILES string of the molecule is C=C(C)C(=O)[O-].O=C([O-])c1ccccc1.[Cu+2]. The van der Waals surface area contributed by atoms with Gasteiger partial charge in [-0.3, -0.25) is 0 Å². The molecule has 16 heavy (non-hydrogen) atoms. The summed E-state index contributed by atoms with van der Waals surface area (Å²) in [5, 5.41) is 19.6. The third kappa shape index (κ3) is 7.79. The zero-order valence-corrected chi connectivity index (χ0v) is 9.47. The van der Waals surface area contributed by atoms with Crippen molar-refractivity contribution in [3.05, 3.63) is 48.0 Å². The molecule has 0 saturated carbocycles. The van der Waals surface area contributed by atoms with Crippen molar-refractivity contribution < 1.29 is 36.9 Å². The van der Waals surface area contributed by atoms with Gasteiger partial charge in [0.25, 0.3) is 0 Å². The summed E-state index contributed by atoms with van der Waals surface area (Å²) >= 11 is 0. The summed E-state index contributed by atoms with van der Waals surface area (Å²) in [6.07, 6.45) is 0. The van der Waals surface area contributed by atoms with E-state index in [0.29, 0.717) is 0 Å². The minimum Gasteiger partial charge on any atom is -0.545 e. The molecule has 0 spiro atoms. The Labute approximate surface area is 104 Å². The van der Waals surface area contributed by atoms with Crippen LogP contribution in [-0.2, 0) is 21.9 Å². The predicted octanol–water partition coefficient (Wildman–Crippen LogP) is -0.640. The number of hydrogen-bond donors (Lipinski definition) is 0. The maximum absolute atomic E-state index is 10.1. The van der Waals surface area contributed by atoms with E-state index < -0.39 is 11.9 Å². The Balaban J connectivity index is 0. The van der Waals surface area contributed by atoms with Crippen LogP contribution in [0, 0.1) is 0 Å². The molecule has 5 heteroatoms. The maximum atomic E-state index is 10.1. The Kier molecular flexibility index (Phi) is 9.16. The number of hydrogen-bond acceptors (Lipinski definition) is 4. The van der Waals surface area contributed by atoms with Crippen LogP contribution in [-0.4, -0.2) is 11.9 Å². The molecule has 0 saturated heterocycles. The fourth-order valence-corrected chi connectivity index (χ4v) is 0.574. The third-order valence-corrected chi connectivity index (χ3v) is 1.36. The molecule has 0 unspecified atom stereocenters. The molecule has 0 aliphatic carbocycles. The number of rotatable bonds is 2. The standard InChI is InChI=1S/C7H6O2.C4H6O2.Cu/c8-7(9)6-4-2-1-3-5-6;1-3(2)4(5)6;/h1-5H,(H,8,9);1H2,2H3,(H,5,6);/q;;+2/p-2. The van der Waals surface area contributed by atoms with Gasteiger partial charge in [0, 0.05) is 0 Å². The van der Waals surface area contributed by atoms with Crippen molar-refractivity contribution in [1.82, 2.24) is 0 Å². The molecule has 0 N–H and O–H groups in total. The van der Waals surface area contributed by atoms with Crippen LogP contribution in [0.4, 0.5) is 0 Å². The van der Waals surface area contributed by atoms with Gasteiger partial charge < -0.3 is 19.8 Å². The van der Waals surface area contributed by atoms with Gasteiger partial charge in [0.1, 0.15) is 0 Å². The first-order valence-electron chi connectivity index (χ1n) is 4.08. The van der Waals surface area contributed by atoms with E-state index in [1.165, 1.54) is 19.1 Å². The zero-order chi connectivity index (χ0) is 11.8. The summed E-state index contributed by atoms with van der Waals surface area (Å²) in [5.41, 5.74) is 0.285. The molecule has 89 valence electrons. The molecular weight excluding hydrogens is 260 g/mol. The van der Waals surface area contributed by atoms with Crippen LogP contribution < -0.4 is 10.2 Å². The van der Waals surface area contributed by atoms with Crippen LogP contribution in [0.2, 0.25) is 0 Å². The topological polar surface area (TPSA) is 80.3 Å². The second-order valence-corrected chi connectivity index (χ2v) is 2.72. The van der Waals surface area contributed by atoms with Crippen molar-refractivity contribution in [1.29, 1.82) is 0 Å².